The molecule has 0 radical (unpaired) electrons. The number of piperidine rings is 1. The summed E-state index contributed by atoms with van der Waals surface area (Å²) in [6.07, 6.45) is 2.87. The Hall–Kier alpha value is -0.0900. The van der Waals surface area contributed by atoms with Crippen LogP contribution in [0, 0.1) is 0 Å². The average molecular weight is 223 g/mol. The van der Waals surface area contributed by atoms with Gasteiger partial charge < -0.3 is 10.6 Å². The number of likely N-dealkylation sites (N-methyl/N-ethyl adjacent to an activating group) is 1. The van der Waals surface area contributed by atoms with Crippen molar-refractivity contribution in [2.24, 2.45) is 0 Å². The highest BCUT2D eigenvalue weighted by molar-refractivity contribution is 8.93. The fourth-order valence-corrected chi connectivity index (χ4v) is 1.28. The van der Waals surface area contributed by atoms with Gasteiger partial charge in [0.1, 0.15) is 0 Å². The van der Waals surface area contributed by atoms with E-state index in [4.69, 9.17) is 0 Å². The summed E-state index contributed by atoms with van der Waals surface area (Å²) in [5, 5.41) is 5.96. The summed E-state index contributed by atoms with van der Waals surface area (Å²) in [6, 6.07) is 0.367. The van der Waals surface area contributed by atoms with Gasteiger partial charge in [0.05, 0.1) is 0 Å². The van der Waals surface area contributed by atoms with Gasteiger partial charge in [-0.05, 0) is 19.9 Å². The zero-order valence-electron chi connectivity index (χ0n) is 6.72. The van der Waals surface area contributed by atoms with Crippen LogP contribution in [0.5, 0.6) is 0 Å². The standard InChI is InChI=1S/C7H14N2O.BrH/c1-8-5-6-3-2-4-7(10)9-6;/h6,8H,2-5H2,1H3,(H,9,10);1H. The molecule has 11 heavy (non-hydrogen) atoms. The van der Waals surface area contributed by atoms with Crippen molar-refractivity contribution in [3.8, 4) is 0 Å². The van der Waals surface area contributed by atoms with E-state index in [2.05, 4.69) is 10.6 Å². The van der Waals surface area contributed by atoms with Crippen LogP contribution in [0.1, 0.15) is 19.3 Å². The number of hydrogen-bond acceptors (Lipinski definition) is 2. The second-order valence-corrected chi connectivity index (χ2v) is 2.71. The minimum atomic E-state index is 0. The van der Waals surface area contributed by atoms with Gasteiger partial charge >= 0.3 is 0 Å². The summed E-state index contributed by atoms with van der Waals surface area (Å²) in [6.45, 7) is 0.895. The summed E-state index contributed by atoms with van der Waals surface area (Å²) in [5.74, 6) is 0.200. The first-order valence-electron chi connectivity index (χ1n) is 3.77. The molecule has 0 bridgehead atoms. The summed E-state index contributed by atoms with van der Waals surface area (Å²) in [5.41, 5.74) is 0. The second kappa shape index (κ2) is 5.55. The van der Waals surface area contributed by atoms with Crippen molar-refractivity contribution in [3.05, 3.63) is 0 Å². The van der Waals surface area contributed by atoms with E-state index in [0.29, 0.717) is 12.5 Å². The van der Waals surface area contributed by atoms with Gasteiger partial charge in [0, 0.05) is 19.0 Å². The minimum absolute atomic E-state index is 0. The van der Waals surface area contributed by atoms with Gasteiger partial charge in [-0.15, -0.1) is 17.0 Å². The topological polar surface area (TPSA) is 41.1 Å². The summed E-state index contributed by atoms with van der Waals surface area (Å²) in [7, 11) is 1.90. The van der Waals surface area contributed by atoms with Crippen LogP contribution in [-0.4, -0.2) is 25.5 Å². The molecule has 0 aromatic rings. The van der Waals surface area contributed by atoms with E-state index >= 15 is 0 Å². The Morgan fingerprint density at radius 2 is 2.45 bits per heavy atom. The highest BCUT2D eigenvalue weighted by Gasteiger charge is 2.16. The van der Waals surface area contributed by atoms with Crippen molar-refractivity contribution in [2.75, 3.05) is 13.6 Å². The van der Waals surface area contributed by atoms with Crippen LogP contribution in [0.4, 0.5) is 0 Å². The van der Waals surface area contributed by atoms with E-state index in [1.54, 1.807) is 0 Å². The monoisotopic (exact) mass is 222 g/mol. The lowest BCUT2D eigenvalue weighted by atomic mass is 10.0. The van der Waals surface area contributed by atoms with E-state index in [0.717, 1.165) is 19.4 Å². The molecule has 0 aliphatic carbocycles. The molecular formula is C7H15BrN2O. The highest BCUT2D eigenvalue weighted by atomic mass is 79.9. The Morgan fingerprint density at radius 3 is 3.00 bits per heavy atom. The third-order valence-electron chi connectivity index (χ3n) is 1.77. The van der Waals surface area contributed by atoms with Crippen LogP contribution in [0.15, 0.2) is 0 Å². The lowest BCUT2D eigenvalue weighted by Gasteiger charge is -2.22. The number of nitrogens with one attached hydrogen (secondary N) is 2. The Balaban J connectivity index is 0.000001000. The first kappa shape index (κ1) is 10.9. The highest BCUT2D eigenvalue weighted by Crippen LogP contribution is 2.06. The molecule has 0 spiro atoms. The minimum Gasteiger partial charge on any atom is -0.352 e. The largest absolute Gasteiger partial charge is 0.352 e. The Morgan fingerprint density at radius 1 is 1.73 bits per heavy atom. The summed E-state index contributed by atoms with van der Waals surface area (Å²) in [4.78, 5) is 10.8. The van der Waals surface area contributed by atoms with Gasteiger partial charge in [-0.2, -0.15) is 0 Å². The fourth-order valence-electron chi connectivity index (χ4n) is 1.28. The van der Waals surface area contributed by atoms with Gasteiger partial charge in [0.2, 0.25) is 5.91 Å². The molecule has 1 saturated heterocycles. The van der Waals surface area contributed by atoms with E-state index < -0.39 is 0 Å². The summed E-state index contributed by atoms with van der Waals surface area (Å²) >= 11 is 0. The van der Waals surface area contributed by atoms with Gasteiger partial charge in [-0.25, -0.2) is 0 Å². The molecule has 4 heteroatoms. The lowest BCUT2D eigenvalue weighted by Crippen LogP contribution is -2.44. The fraction of sp³-hybridized carbons (Fsp3) is 0.857. The molecule has 2 N–H and O–H groups in total. The lowest BCUT2D eigenvalue weighted by molar-refractivity contribution is -0.123. The molecule has 1 aliphatic rings. The Labute approximate surface area is 77.7 Å². The number of amides is 1. The van der Waals surface area contributed by atoms with Gasteiger partial charge in [0.25, 0.3) is 0 Å². The van der Waals surface area contributed by atoms with E-state index in [-0.39, 0.29) is 22.9 Å². The number of carbonyl (C=O) groups excluding carboxylic acids is 1. The predicted molar refractivity (Wildman–Crippen MR) is 50.0 cm³/mol. The molecule has 1 aliphatic heterocycles. The van der Waals surface area contributed by atoms with Gasteiger partial charge in [-0.3, -0.25) is 4.79 Å². The van der Waals surface area contributed by atoms with Gasteiger partial charge in [-0.1, -0.05) is 0 Å². The maximum atomic E-state index is 10.8. The number of halogens is 1. The van der Waals surface area contributed by atoms with Crippen LogP contribution < -0.4 is 10.6 Å². The molecule has 1 fully saturated rings. The predicted octanol–water partition coefficient (Wildman–Crippen LogP) is 0.452. The molecule has 0 aromatic carbocycles. The van der Waals surface area contributed by atoms with Crippen LogP contribution in [0.2, 0.25) is 0 Å². The van der Waals surface area contributed by atoms with E-state index in [1.165, 1.54) is 0 Å². The maximum Gasteiger partial charge on any atom is 0.220 e. The Kier molecular flexibility index (Phi) is 5.50. The molecule has 1 unspecified atom stereocenters. The van der Waals surface area contributed by atoms with Crippen molar-refractivity contribution in [3.63, 3.8) is 0 Å². The van der Waals surface area contributed by atoms with Crippen molar-refractivity contribution < 1.29 is 4.79 Å². The average Bonchev–Trinajstić information content (AvgIpc) is 1.88. The van der Waals surface area contributed by atoms with E-state index in [9.17, 15) is 4.79 Å². The number of carbonyl (C=O) groups is 1. The van der Waals surface area contributed by atoms with Crippen LogP contribution in [-0.2, 0) is 4.79 Å². The SMILES string of the molecule is Br.CNCC1CCCC(=O)N1. The van der Waals surface area contributed by atoms with Crippen molar-refractivity contribution in [2.45, 2.75) is 25.3 Å². The quantitative estimate of drug-likeness (QED) is 0.713. The molecule has 3 nitrogen and oxygen atoms in total. The number of hydrogen-bond donors (Lipinski definition) is 2. The van der Waals surface area contributed by atoms with Crippen LogP contribution in [0.3, 0.4) is 0 Å². The van der Waals surface area contributed by atoms with Gasteiger partial charge in [0.15, 0.2) is 0 Å². The van der Waals surface area contributed by atoms with Crippen molar-refractivity contribution in [1.82, 2.24) is 10.6 Å². The third kappa shape index (κ3) is 3.72. The van der Waals surface area contributed by atoms with Crippen molar-refractivity contribution in [1.29, 1.82) is 0 Å². The molecule has 0 saturated carbocycles. The normalized spacial score (nSPS) is 23.7. The third-order valence-corrected chi connectivity index (χ3v) is 1.77. The molecule has 0 aromatic heterocycles. The molecular weight excluding hydrogens is 208 g/mol. The van der Waals surface area contributed by atoms with Crippen molar-refractivity contribution >= 4 is 22.9 Å². The van der Waals surface area contributed by atoms with Crippen LogP contribution in [0.25, 0.3) is 0 Å². The first-order chi connectivity index (χ1) is 4.83. The van der Waals surface area contributed by atoms with Crippen LogP contribution >= 0.6 is 17.0 Å². The zero-order valence-corrected chi connectivity index (χ0v) is 8.44. The van der Waals surface area contributed by atoms with E-state index in [1.807, 2.05) is 7.05 Å². The molecule has 1 rings (SSSR count). The Bertz CT molecular complexity index is 128. The first-order valence-corrected chi connectivity index (χ1v) is 3.77. The molecule has 66 valence electrons. The second-order valence-electron chi connectivity index (χ2n) is 2.71. The molecule has 1 heterocycles. The molecule has 1 atom stereocenters. The number of rotatable bonds is 2. The molecule has 1 amide bonds. The zero-order chi connectivity index (χ0) is 7.40. The summed E-state index contributed by atoms with van der Waals surface area (Å²) < 4.78 is 0. The maximum absolute atomic E-state index is 10.8. The smallest absolute Gasteiger partial charge is 0.220 e.